The van der Waals surface area contributed by atoms with Crippen molar-refractivity contribution < 1.29 is 9.53 Å². The predicted molar refractivity (Wildman–Crippen MR) is 132 cm³/mol. The minimum absolute atomic E-state index is 0.0860. The fourth-order valence-electron chi connectivity index (χ4n) is 3.71. The van der Waals surface area contributed by atoms with Crippen LogP contribution in [0, 0.1) is 13.8 Å². The molecule has 0 N–H and O–H groups in total. The van der Waals surface area contributed by atoms with Gasteiger partial charge in [0, 0.05) is 53.9 Å². The molecule has 0 aliphatic carbocycles. The van der Waals surface area contributed by atoms with Gasteiger partial charge in [0.2, 0.25) is 0 Å². The average Bonchev–Trinajstić information content (AvgIpc) is 3.26. The van der Waals surface area contributed by atoms with Crippen molar-refractivity contribution in [1.82, 2.24) is 9.80 Å². The SMILES string of the molecule is Cc1ccc(OCc2csc(C(=O)N3CCN(Cc4c(Cl)cccc4Cl)CC3)c2)cc1C. The minimum Gasteiger partial charge on any atom is -0.489 e. The van der Waals surface area contributed by atoms with E-state index in [1.165, 1.54) is 22.5 Å². The molecule has 168 valence electrons. The number of carbonyl (C=O) groups excluding carboxylic acids is 1. The summed E-state index contributed by atoms with van der Waals surface area (Å²) in [7, 11) is 0. The number of thiophene rings is 1. The number of benzene rings is 2. The van der Waals surface area contributed by atoms with Crippen molar-refractivity contribution in [2.45, 2.75) is 27.0 Å². The van der Waals surface area contributed by atoms with Crippen LogP contribution >= 0.6 is 34.5 Å². The van der Waals surface area contributed by atoms with E-state index >= 15 is 0 Å². The summed E-state index contributed by atoms with van der Waals surface area (Å²) in [5, 5.41) is 3.37. The molecule has 0 radical (unpaired) electrons. The summed E-state index contributed by atoms with van der Waals surface area (Å²) in [5.41, 5.74) is 4.42. The maximum atomic E-state index is 13.0. The number of amides is 1. The van der Waals surface area contributed by atoms with Crippen LogP contribution in [0.25, 0.3) is 0 Å². The van der Waals surface area contributed by atoms with E-state index in [-0.39, 0.29) is 5.91 Å². The highest BCUT2D eigenvalue weighted by Gasteiger charge is 2.24. The lowest BCUT2D eigenvalue weighted by molar-refractivity contribution is 0.0633. The zero-order valence-electron chi connectivity index (χ0n) is 18.2. The molecule has 7 heteroatoms. The zero-order chi connectivity index (χ0) is 22.7. The van der Waals surface area contributed by atoms with E-state index in [0.29, 0.717) is 36.3 Å². The van der Waals surface area contributed by atoms with E-state index in [1.54, 1.807) is 0 Å². The number of hydrogen-bond acceptors (Lipinski definition) is 4. The monoisotopic (exact) mass is 488 g/mol. The van der Waals surface area contributed by atoms with E-state index in [0.717, 1.165) is 34.8 Å². The Morgan fingerprint density at radius 3 is 2.41 bits per heavy atom. The summed E-state index contributed by atoms with van der Waals surface area (Å²) in [6.45, 7) is 8.27. The van der Waals surface area contributed by atoms with Gasteiger partial charge in [0.1, 0.15) is 12.4 Å². The maximum absolute atomic E-state index is 13.0. The molecule has 0 saturated carbocycles. The molecule has 1 amide bonds. The highest BCUT2D eigenvalue weighted by molar-refractivity contribution is 7.12. The summed E-state index contributed by atoms with van der Waals surface area (Å²) in [6, 6.07) is 13.6. The molecule has 2 aromatic carbocycles. The molecule has 32 heavy (non-hydrogen) atoms. The fraction of sp³-hybridized carbons (Fsp3) is 0.320. The third-order valence-corrected chi connectivity index (χ3v) is 7.53. The third-order valence-electron chi connectivity index (χ3n) is 5.85. The second kappa shape index (κ2) is 10.3. The van der Waals surface area contributed by atoms with E-state index in [1.807, 2.05) is 46.7 Å². The summed E-state index contributed by atoms with van der Waals surface area (Å²) in [5.74, 6) is 0.935. The molecule has 1 saturated heterocycles. The topological polar surface area (TPSA) is 32.8 Å². The van der Waals surface area contributed by atoms with Crippen molar-refractivity contribution >= 4 is 40.4 Å². The standard InChI is InChI=1S/C25H26Cl2N2O2S/c1-17-6-7-20(12-18(17)2)31-15-19-13-24(32-16-19)25(30)29-10-8-28(9-11-29)14-21-22(26)4-3-5-23(21)27/h3-7,12-13,16H,8-11,14-15H2,1-2H3. The second-order valence-electron chi connectivity index (χ2n) is 8.12. The van der Waals surface area contributed by atoms with Gasteiger partial charge in [-0.1, -0.05) is 35.3 Å². The van der Waals surface area contributed by atoms with Crippen molar-refractivity contribution in [1.29, 1.82) is 0 Å². The largest absolute Gasteiger partial charge is 0.489 e. The number of aryl methyl sites for hydroxylation is 2. The molecule has 0 spiro atoms. The first-order chi connectivity index (χ1) is 15.4. The summed E-state index contributed by atoms with van der Waals surface area (Å²) in [6.07, 6.45) is 0. The van der Waals surface area contributed by atoms with Gasteiger partial charge in [0.25, 0.3) is 5.91 Å². The fourth-order valence-corrected chi connectivity index (χ4v) is 5.09. The normalized spacial score (nSPS) is 14.6. The van der Waals surface area contributed by atoms with Crippen molar-refractivity contribution in [3.8, 4) is 5.75 Å². The number of piperazine rings is 1. The van der Waals surface area contributed by atoms with Gasteiger partial charge in [0.05, 0.1) is 4.88 Å². The first-order valence-electron chi connectivity index (χ1n) is 10.6. The Labute approximate surface area is 203 Å². The summed E-state index contributed by atoms with van der Waals surface area (Å²) in [4.78, 5) is 17.9. The molecule has 3 aromatic rings. The van der Waals surface area contributed by atoms with Crippen LogP contribution in [0.4, 0.5) is 0 Å². The quantitative estimate of drug-likeness (QED) is 0.413. The molecular weight excluding hydrogens is 463 g/mol. The third kappa shape index (κ3) is 5.46. The van der Waals surface area contributed by atoms with Gasteiger partial charge in [-0.05, 0) is 60.7 Å². The molecule has 0 unspecified atom stereocenters. The van der Waals surface area contributed by atoms with Gasteiger partial charge in [-0.15, -0.1) is 11.3 Å². The lowest BCUT2D eigenvalue weighted by Crippen LogP contribution is -2.48. The Morgan fingerprint density at radius 1 is 1.00 bits per heavy atom. The molecule has 0 bridgehead atoms. The minimum atomic E-state index is 0.0860. The molecule has 1 aromatic heterocycles. The maximum Gasteiger partial charge on any atom is 0.264 e. The number of hydrogen-bond donors (Lipinski definition) is 0. The Hall–Kier alpha value is -2.05. The molecule has 1 fully saturated rings. The van der Waals surface area contributed by atoms with Gasteiger partial charge in [-0.3, -0.25) is 9.69 Å². The van der Waals surface area contributed by atoms with Gasteiger partial charge in [-0.2, -0.15) is 0 Å². The number of halogens is 2. The van der Waals surface area contributed by atoms with Crippen molar-refractivity contribution in [2.75, 3.05) is 26.2 Å². The van der Waals surface area contributed by atoms with Crippen LogP contribution < -0.4 is 4.74 Å². The number of nitrogens with zero attached hydrogens (tertiary/aromatic N) is 2. The van der Waals surface area contributed by atoms with Crippen LogP contribution in [0.3, 0.4) is 0 Å². The van der Waals surface area contributed by atoms with Crippen LogP contribution in [0.15, 0.2) is 47.8 Å². The Bertz CT molecular complexity index is 1090. The lowest BCUT2D eigenvalue weighted by Gasteiger charge is -2.34. The average molecular weight is 489 g/mol. The molecular formula is C25H26Cl2N2O2S. The van der Waals surface area contributed by atoms with E-state index < -0.39 is 0 Å². The second-order valence-corrected chi connectivity index (χ2v) is 9.85. The molecule has 1 aliphatic heterocycles. The van der Waals surface area contributed by atoms with Crippen LogP contribution in [0.1, 0.15) is 31.9 Å². The van der Waals surface area contributed by atoms with E-state index in [9.17, 15) is 4.79 Å². The van der Waals surface area contributed by atoms with Gasteiger partial charge in [0.15, 0.2) is 0 Å². The zero-order valence-corrected chi connectivity index (χ0v) is 20.6. The molecule has 1 aliphatic rings. The number of rotatable bonds is 6. The Morgan fingerprint density at radius 2 is 1.72 bits per heavy atom. The van der Waals surface area contributed by atoms with Gasteiger partial charge in [-0.25, -0.2) is 0 Å². The number of ether oxygens (including phenoxy) is 1. The smallest absolute Gasteiger partial charge is 0.264 e. The van der Waals surface area contributed by atoms with Crippen molar-refractivity contribution in [3.63, 3.8) is 0 Å². The Balaban J connectivity index is 1.30. The van der Waals surface area contributed by atoms with Gasteiger partial charge < -0.3 is 9.64 Å². The summed E-state index contributed by atoms with van der Waals surface area (Å²) < 4.78 is 5.91. The molecule has 4 rings (SSSR count). The predicted octanol–water partition coefficient (Wildman–Crippen LogP) is 6.21. The molecule has 4 nitrogen and oxygen atoms in total. The van der Waals surface area contributed by atoms with Crippen LogP contribution in [0.5, 0.6) is 5.75 Å². The Kier molecular flexibility index (Phi) is 7.41. The van der Waals surface area contributed by atoms with Gasteiger partial charge >= 0.3 is 0 Å². The summed E-state index contributed by atoms with van der Waals surface area (Å²) >= 11 is 14.1. The van der Waals surface area contributed by atoms with E-state index in [4.69, 9.17) is 27.9 Å². The van der Waals surface area contributed by atoms with Crippen molar-refractivity contribution in [3.05, 3.63) is 85.0 Å². The lowest BCUT2D eigenvalue weighted by atomic mass is 10.1. The molecule has 2 heterocycles. The van der Waals surface area contributed by atoms with Crippen LogP contribution in [-0.4, -0.2) is 41.9 Å². The van der Waals surface area contributed by atoms with Crippen molar-refractivity contribution in [2.24, 2.45) is 0 Å². The van der Waals surface area contributed by atoms with Crippen LogP contribution in [-0.2, 0) is 13.2 Å². The molecule has 0 atom stereocenters. The van der Waals surface area contributed by atoms with E-state index in [2.05, 4.69) is 24.8 Å². The van der Waals surface area contributed by atoms with Crippen LogP contribution in [0.2, 0.25) is 10.0 Å². The first-order valence-corrected chi connectivity index (χ1v) is 12.3. The first kappa shape index (κ1) is 23.1. The highest BCUT2D eigenvalue weighted by Crippen LogP contribution is 2.26. The highest BCUT2D eigenvalue weighted by atomic mass is 35.5. The number of carbonyl (C=O) groups is 1.